The van der Waals surface area contributed by atoms with E-state index in [2.05, 4.69) is 46.0 Å². The first-order valence-corrected chi connectivity index (χ1v) is 10.8. The van der Waals surface area contributed by atoms with Crippen LogP contribution >= 0.6 is 11.3 Å². The summed E-state index contributed by atoms with van der Waals surface area (Å²) in [6.45, 7) is 4.81. The van der Waals surface area contributed by atoms with Crippen molar-refractivity contribution in [2.45, 2.75) is 44.8 Å². The van der Waals surface area contributed by atoms with Crippen LogP contribution < -0.4 is 0 Å². The lowest BCUT2D eigenvalue weighted by molar-refractivity contribution is 0.0805. The van der Waals surface area contributed by atoms with E-state index in [1.807, 2.05) is 0 Å². The van der Waals surface area contributed by atoms with Crippen LogP contribution in [0.1, 0.15) is 37.7 Å². The van der Waals surface area contributed by atoms with Gasteiger partial charge in [-0.2, -0.15) is 11.3 Å². The Kier molecular flexibility index (Phi) is 10.6. The highest BCUT2D eigenvalue weighted by Crippen LogP contribution is 2.22. The molecule has 1 saturated heterocycles. The number of aliphatic hydroxyl groups is 2. The summed E-state index contributed by atoms with van der Waals surface area (Å²) in [7, 11) is 1.00. The van der Waals surface area contributed by atoms with Gasteiger partial charge in [-0.1, -0.05) is 24.3 Å². The lowest BCUT2D eigenvalue weighted by Gasteiger charge is -2.29. The van der Waals surface area contributed by atoms with Gasteiger partial charge in [0.2, 0.25) is 0 Å². The molecule has 0 unspecified atom stereocenters. The lowest BCUT2D eigenvalue weighted by atomic mass is 10.1. The maximum Gasteiger partial charge on any atom is 0.0716 e. The second-order valence-corrected chi connectivity index (χ2v) is 7.68. The molecule has 2 N–H and O–H groups in total. The minimum absolute atomic E-state index is 0.0658. The smallest absolute Gasteiger partial charge is 0.0716 e. The average molecular weight is 392 g/mol. The second-order valence-electron chi connectivity index (χ2n) is 6.90. The van der Waals surface area contributed by atoms with Crippen molar-refractivity contribution in [1.29, 1.82) is 0 Å². The van der Waals surface area contributed by atoms with Gasteiger partial charge in [-0.3, -0.25) is 0 Å². The standard InChI is InChI=1S/C21H29NO2S.CH4O/c23-21-8-12-22(13-9-21)11-2-1-3-14-24-16-18-4-6-19(7-5-18)20-10-15-25-17-20;1-2/h4-7,10,15,17,21,23H,1-3,8-9,11-14,16H2;2H,1H3. The van der Waals surface area contributed by atoms with Crippen LogP contribution in [0.5, 0.6) is 0 Å². The summed E-state index contributed by atoms with van der Waals surface area (Å²) in [6.07, 6.45) is 5.39. The molecule has 0 saturated carbocycles. The van der Waals surface area contributed by atoms with E-state index in [1.54, 1.807) is 11.3 Å². The Morgan fingerprint density at radius 1 is 1.00 bits per heavy atom. The number of hydrogen-bond donors (Lipinski definition) is 2. The number of hydrogen-bond acceptors (Lipinski definition) is 5. The van der Waals surface area contributed by atoms with Crippen LogP contribution in [0.2, 0.25) is 0 Å². The number of ether oxygens (including phenoxy) is 1. The zero-order valence-corrected chi connectivity index (χ0v) is 17.2. The first kappa shape index (κ1) is 22.1. The summed E-state index contributed by atoms with van der Waals surface area (Å²) in [4.78, 5) is 2.47. The zero-order valence-electron chi connectivity index (χ0n) is 16.3. The molecule has 0 bridgehead atoms. The molecule has 1 fully saturated rings. The van der Waals surface area contributed by atoms with Gasteiger partial charge in [-0.25, -0.2) is 0 Å². The lowest BCUT2D eigenvalue weighted by Crippen LogP contribution is -2.36. The van der Waals surface area contributed by atoms with Crippen molar-refractivity contribution < 1.29 is 14.9 Å². The van der Waals surface area contributed by atoms with Gasteiger partial charge < -0.3 is 19.8 Å². The minimum Gasteiger partial charge on any atom is -0.400 e. The molecule has 0 radical (unpaired) electrons. The summed E-state index contributed by atoms with van der Waals surface area (Å²) in [5.41, 5.74) is 3.81. The summed E-state index contributed by atoms with van der Waals surface area (Å²) in [6, 6.07) is 10.8. The van der Waals surface area contributed by atoms with E-state index in [-0.39, 0.29) is 6.10 Å². The Labute approximate surface area is 167 Å². The number of thiophene rings is 1. The Bertz CT molecular complexity index is 593. The highest BCUT2D eigenvalue weighted by Gasteiger charge is 2.15. The summed E-state index contributed by atoms with van der Waals surface area (Å²) >= 11 is 1.73. The molecule has 4 nitrogen and oxygen atoms in total. The maximum atomic E-state index is 9.51. The number of aliphatic hydroxyl groups excluding tert-OH is 2. The van der Waals surface area contributed by atoms with Gasteiger partial charge in [0.1, 0.15) is 0 Å². The number of benzene rings is 1. The van der Waals surface area contributed by atoms with Crippen molar-refractivity contribution in [1.82, 2.24) is 4.90 Å². The van der Waals surface area contributed by atoms with Crippen LogP contribution in [-0.2, 0) is 11.3 Å². The highest BCUT2D eigenvalue weighted by atomic mass is 32.1. The number of likely N-dealkylation sites (tertiary alicyclic amines) is 1. The number of nitrogens with zero attached hydrogens (tertiary/aromatic N) is 1. The molecule has 2 aromatic rings. The molecule has 5 heteroatoms. The Balaban J connectivity index is 0.00000126. The predicted molar refractivity (Wildman–Crippen MR) is 113 cm³/mol. The van der Waals surface area contributed by atoms with Crippen LogP contribution in [0.15, 0.2) is 41.1 Å². The van der Waals surface area contributed by atoms with Crippen molar-refractivity contribution in [2.24, 2.45) is 0 Å². The molecule has 150 valence electrons. The molecule has 1 aromatic heterocycles. The summed E-state index contributed by atoms with van der Waals surface area (Å²) < 4.78 is 5.81. The summed E-state index contributed by atoms with van der Waals surface area (Å²) in [5.74, 6) is 0. The van der Waals surface area contributed by atoms with Crippen molar-refractivity contribution >= 4 is 11.3 Å². The van der Waals surface area contributed by atoms with Gasteiger partial charge in [0.05, 0.1) is 12.7 Å². The van der Waals surface area contributed by atoms with Crippen molar-refractivity contribution in [3.05, 3.63) is 46.7 Å². The van der Waals surface area contributed by atoms with Crippen LogP contribution in [0.25, 0.3) is 11.1 Å². The molecule has 1 aliphatic heterocycles. The minimum atomic E-state index is -0.0658. The van der Waals surface area contributed by atoms with Gasteiger partial charge >= 0.3 is 0 Å². The Morgan fingerprint density at radius 3 is 2.41 bits per heavy atom. The van der Waals surface area contributed by atoms with Gasteiger partial charge in [-0.05, 0) is 72.2 Å². The molecule has 0 atom stereocenters. The Morgan fingerprint density at radius 2 is 1.74 bits per heavy atom. The maximum absolute atomic E-state index is 9.51. The molecule has 0 spiro atoms. The topological polar surface area (TPSA) is 52.9 Å². The molecular formula is C22H33NO3S. The monoisotopic (exact) mass is 391 g/mol. The fraction of sp³-hybridized carbons (Fsp3) is 0.545. The molecule has 27 heavy (non-hydrogen) atoms. The fourth-order valence-electron chi connectivity index (χ4n) is 3.27. The van der Waals surface area contributed by atoms with E-state index in [0.29, 0.717) is 6.61 Å². The number of unbranched alkanes of at least 4 members (excludes halogenated alkanes) is 2. The van der Waals surface area contributed by atoms with Gasteiger partial charge in [0, 0.05) is 26.8 Å². The van der Waals surface area contributed by atoms with Gasteiger partial charge in [0.15, 0.2) is 0 Å². The molecular weight excluding hydrogens is 358 g/mol. The zero-order chi connectivity index (χ0) is 19.3. The van der Waals surface area contributed by atoms with E-state index >= 15 is 0 Å². The average Bonchev–Trinajstić information content (AvgIpc) is 3.25. The first-order valence-electron chi connectivity index (χ1n) is 9.85. The normalized spacial score (nSPS) is 15.4. The highest BCUT2D eigenvalue weighted by molar-refractivity contribution is 7.08. The fourth-order valence-corrected chi connectivity index (χ4v) is 3.94. The van der Waals surface area contributed by atoms with Gasteiger partial charge in [0.25, 0.3) is 0 Å². The predicted octanol–water partition coefficient (Wildman–Crippen LogP) is 4.17. The van der Waals surface area contributed by atoms with Crippen molar-refractivity contribution in [3.63, 3.8) is 0 Å². The molecule has 1 aromatic carbocycles. The molecule has 0 amide bonds. The third-order valence-corrected chi connectivity index (χ3v) is 5.58. The van der Waals surface area contributed by atoms with Crippen molar-refractivity contribution in [3.8, 4) is 11.1 Å². The van der Waals surface area contributed by atoms with Crippen LogP contribution in [-0.4, -0.2) is 54.6 Å². The van der Waals surface area contributed by atoms with Crippen LogP contribution in [0, 0.1) is 0 Å². The van der Waals surface area contributed by atoms with Crippen LogP contribution in [0.4, 0.5) is 0 Å². The second kappa shape index (κ2) is 13.0. The summed E-state index contributed by atoms with van der Waals surface area (Å²) in [5, 5.41) is 20.8. The van der Waals surface area contributed by atoms with Crippen molar-refractivity contribution in [2.75, 3.05) is 33.4 Å². The van der Waals surface area contributed by atoms with Crippen LogP contribution in [0.3, 0.4) is 0 Å². The van der Waals surface area contributed by atoms with E-state index in [0.717, 1.165) is 52.6 Å². The van der Waals surface area contributed by atoms with E-state index in [1.165, 1.54) is 29.5 Å². The van der Waals surface area contributed by atoms with E-state index < -0.39 is 0 Å². The third kappa shape index (κ3) is 8.11. The van der Waals surface area contributed by atoms with E-state index in [4.69, 9.17) is 9.84 Å². The van der Waals surface area contributed by atoms with Gasteiger partial charge in [-0.15, -0.1) is 0 Å². The quantitative estimate of drug-likeness (QED) is 0.630. The molecule has 2 heterocycles. The number of piperidine rings is 1. The SMILES string of the molecule is CO.OC1CCN(CCCCCOCc2ccc(-c3ccsc3)cc2)CC1. The molecule has 1 aliphatic rings. The number of rotatable bonds is 9. The molecule has 3 rings (SSSR count). The largest absolute Gasteiger partial charge is 0.400 e. The third-order valence-electron chi connectivity index (χ3n) is 4.90. The molecule has 0 aliphatic carbocycles. The first-order chi connectivity index (χ1) is 13.3. The van der Waals surface area contributed by atoms with E-state index in [9.17, 15) is 5.11 Å². The Hall–Kier alpha value is -1.24.